The van der Waals surface area contributed by atoms with E-state index in [2.05, 4.69) is 5.10 Å². The molecule has 0 aliphatic carbocycles. The van der Waals surface area contributed by atoms with Gasteiger partial charge in [-0.2, -0.15) is 18.3 Å². The summed E-state index contributed by atoms with van der Waals surface area (Å²) in [5.74, 6) is -0.686. The molecule has 0 bridgehead atoms. The summed E-state index contributed by atoms with van der Waals surface area (Å²) in [7, 11) is 0. The van der Waals surface area contributed by atoms with Gasteiger partial charge in [0.15, 0.2) is 0 Å². The van der Waals surface area contributed by atoms with Crippen molar-refractivity contribution in [2.75, 3.05) is 0 Å². The van der Waals surface area contributed by atoms with Crippen LogP contribution in [0.1, 0.15) is 5.69 Å². The van der Waals surface area contributed by atoms with E-state index in [4.69, 9.17) is 11.6 Å². The highest BCUT2D eigenvalue weighted by Crippen LogP contribution is 2.31. The normalized spacial score (nSPS) is 11.8. The highest BCUT2D eigenvalue weighted by molar-refractivity contribution is 6.30. The maximum absolute atomic E-state index is 13.4. The summed E-state index contributed by atoms with van der Waals surface area (Å²) >= 11 is 5.64. The number of hydrogen-bond donors (Lipinski definition) is 1. The van der Waals surface area contributed by atoms with Crippen molar-refractivity contribution in [1.82, 2.24) is 10.2 Å². The van der Waals surface area contributed by atoms with Gasteiger partial charge in [0.05, 0.1) is 5.69 Å². The van der Waals surface area contributed by atoms with Gasteiger partial charge in [-0.05, 0) is 24.3 Å². The number of rotatable bonds is 1. The van der Waals surface area contributed by atoms with Gasteiger partial charge in [-0.1, -0.05) is 11.6 Å². The molecule has 0 saturated heterocycles. The first-order valence-corrected chi connectivity index (χ1v) is 4.84. The van der Waals surface area contributed by atoms with Gasteiger partial charge in [0.2, 0.25) is 0 Å². The maximum atomic E-state index is 13.4. The van der Waals surface area contributed by atoms with Gasteiger partial charge < -0.3 is 0 Å². The minimum Gasteiger partial charge on any atom is -0.273 e. The SMILES string of the molecule is Fc1ccc(Cl)cc1-c1cc(C(F)(F)F)[nH]n1. The minimum atomic E-state index is -4.54. The molecule has 0 unspecified atom stereocenters. The minimum absolute atomic E-state index is 0.0794. The number of aromatic amines is 1. The van der Waals surface area contributed by atoms with E-state index in [0.717, 1.165) is 12.1 Å². The Morgan fingerprint density at radius 1 is 1.18 bits per heavy atom. The summed E-state index contributed by atoms with van der Waals surface area (Å²) < 4.78 is 50.3. The van der Waals surface area contributed by atoms with Crippen LogP contribution in [0.4, 0.5) is 17.6 Å². The second-order valence-electron chi connectivity index (χ2n) is 3.29. The number of hydrogen-bond acceptors (Lipinski definition) is 1. The molecule has 90 valence electrons. The number of alkyl halides is 3. The Bertz CT molecular complexity index is 547. The molecule has 2 rings (SSSR count). The van der Waals surface area contributed by atoms with Crippen molar-refractivity contribution < 1.29 is 17.6 Å². The zero-order valence-corrected chi connectivity index (χ0v) is 8.90. The largest absolute Gasteiger partial charge is 0.432 e. The Kier molecular flexibility index (Phi) is 2.82. The highest BCUT2D eigenvalue weighted by atomic mass is 35.5. The van der Waals surface area contributed by atoms with Gasteiger partial charge in [-0.3, -0.25) is 5.10 Å². The van der Waals surface area contributed by atoms with Gasteiger partial charge >= 0.3 is 6.18 Å². The molecule has 0 aliphatic heterocycles. The fraction of sp³-hybridized carbons (Fsp3) is 0.100. The van der Waals surface area contributed by atoms with Crippen molar-refractivity contribution in [2.24, 2.45) is 0 Å². The van der Waals surface area contributed by atoms with Crippen molar-refractivity contribution >= 4 is 11.6 Å². The molecule has 17 heavy (non-hydrogen) atoms. The molecule has 0 aliphatic rings. The Morgan fingerprint density at radius 3 is 2.47 bits per heavy atom. The average molecular weight is 265 g/mol. The molecule has 0 fully saturated rings. The van der Waals surface area contributed by atoms with Crippen LogP contribution in [0, 0.1) is 5.82 Å². The van der Waals surface area contributed by atoms with Crippen LogP contribution in [0.25, 0.3) is 11.3 Å². The molecule has 7 heteroatoms. The van der Waals surface area contributed by atoms with Crippen LogP contribution in [-0.2, 0) is 6.18 Å². The number of aromatic nitrogens is 2. The van der Waals surface area contributed by atoms with Crippen molar-refractivity contribution in [1.29, 1.82) is 0 Å². The van der Waals surface area contributed by atoms with Gasteiger partial charge in [0.25, 0.3) is 0 Å². The van der Waals surface area contributed by atoms with E-state index < -0.39 is 17.7 Å². The third-order valence-electron chi connectivity index (χ3n) is 2.09. The van der Waals surface area contributed by atoms with Crippen molar-refractivity contribution in [3.8, 4) is 11.3 Å². The molecule has 0 saturated carbocycles. The summed E-state index contributed by atoms with van der Waals surface area (Å²) in [6, 6.07) is 4.32. The third kappa shape index (κ3) is 2.41. The molecule has 1 aromatic heterocycles. The third-order valence-corrected chi connectivity index (χ3v) is 2.32. The van der Waals surface area contributed by atoms with E-state index in [-0.39, 0.29) is 16.3 Å². The van der Waals surface area contributed by atoms with E-state index in [1.807, 2.05) is 0 Å². The number of nitrogens with zero attached hydrogens (tertiary/aromatic N) is 1. The van der Waals surface area contributed by atoms with Crippen LogP contribution in [0.3, 0.4) is 0 Å². The lowest BCUT2D eigenvalue weighted by atomic mass is 10.1. The van der Waals surface area contributed by atoms with Crippen molar-refractivity contribution in [3.63, 3.8) is 0 Å². The number of H-pyrrole nitrogens is 1. The Balaban J connectivity index is 2.47. The molecule has 2 aromatic rings. The summed E-state index contributed by atoms with van der Waals surface area (Å²) in [4.78, 5) is 0. The molecule has 2 nitrogen and oxygen atoms in total. The topological polar surface area (TPSA) is 28.7 Å². The molecule has 1 heterocycles. The van der Waals surface area contributed by atoms with Crippen LogP contribution in [0.15, 0.2) is 24.3 Å². The molecule has 0 spiro atoms. The quantitative estimate of drug-likeness (QED) is 0.778. The number of nitrogens with one attached hydrogen (secondary N) is 1. The second-order valence-corrected chi connectivity index (χ2v) is 3.73. The lowest BCUT2D eigenvalue weighted by Gasteiger charge is -2.00. The van der Waals surface area contributed by atoms with Gasteiger partial charge in [0.1, 0.15) is 11.5 Å². The standard InChI is InChI=1S/C10H5ClF4N2/c11-5-1-2-7(12)6(3-5)8-4-9(17-16-8)10(13,14)15/h1-4H,(H,16,17). The summed E-state index contributed by atoms with van der Waals surface area (Å²) in [6.07, 6.45) is -4.54. The first kappa shape index (κ1) is 11.9. The molecular formula is C10H5ClF4N2. The summed E-state index contributed by atoms with van der Waals surface area (Å²) in [5.41, 5.74) is -1.26. The first-order chi connectivity index (χ1) is 7.88. The van der Waals surface area contributed by atoms with Crippen LogP contribution >= 0.6 is 11.6 Å². The zero-order chi connectivity index (χ0) is 12.6. The predicted octanol–water partition coefficient (Wildman–Crippen LogP) is 3.89. The number of halogens is 5. The first-order valence-electron chi connectivity index (χ1n) is 4.46. The Morgan fingerprint density at radius 2 is 1.88 bits per heavy atom. The lowest BCUT2D eigenvalue weighted by molar-refractivity contribution is -0.141. The zero-order valence-electron chi connectivity index (χ0n) is 8.15. The Labute approximate surface area is 98.2 Å². The van der Waals surface area contributed by atoms with E-state index >= 15 is 0 Å². The molecule has 0 amide bonds. The monoisotopic (exact) mass is 264 g/mol. The van der Waals surface area contributed by atoms with Crippen molar-refractivity contribution in [3.05, 3.63) is 40.8 Å². The molecule has 1 N–H and O–H groups in total. The second kappa shape index (κ2) is 4.03. The summed E-state index contributed by atoms with van der Waals surface area (Å²) in [6.45, 7) is 0. The maximum Gasteiger partial charge on any atom is 0.432 e. The number of benzene rings is 1. The van der Waals surface area contributed by atoms with Gasteiger partial charge in [-0.15, -0.1) is 0 Å². The molecule has 0 radical (unpaired) electrons. The highest BCUT2D eigenvalue weighted by Gasteiger charge is 2.33. The van der Waals surface area contributed by atoms with Crippen LogP contribution in [0.5, 0.6) is 0 Å². The fourth-order valence-electron chi connectivity index (χ4n) is 1.30. The van der Waals surface area contributed by atoms with E-state index in [1.165, 1.54) is 12.1 Å². The van der Waals surface area contributed by atoms with Crippen LogP contribution in [-0.4, -0.2) is 10.2 Å². The fourth-order valence-corrected chi connectivity index (χ4v) is 1.47. The van der Waals surface area contributed by atoms with Crippen molar-refractivity contribution in [2.45, 2.75) is 6.18 Å². The van der Waals surface area contributed by atoms with Gasteiger partial charge in [0, 0.05) is 10.6 Å². The predicted molar refractivity (Wildman–Crippen MR) is 54.0 cm³/mol. The smallest absolute Gasteiger partial charge is 0.273 e. The lowest BCUT2D eigenvalue weighted by Crippen LogP contribution is -2.04. The molecular weight excluding hydrogens is 260 g/mol. The van der Waals surface area contributed by atoms with Crippen LogP contribution < -0.4 is 0 Å². The molecule has 0 atom stereocenters. The van der Waals surface area contributed by atoms with Crippen LogP contribution in [0.2, 0.25) is 5.02 Å². The molecule has 1 aromatic carbocycles. The van der Waals surface area contributed by atoms with E-state index in [1.54, 1.807) is 5.10 Å². The Hall–Kier alpha value is -1.56. The summed E-state index contributed by atoms with van der Waals surface area (Å²) in [5, 5.41) is 5.44. The van der Waals surface area contributed by atoms with E-state index in [9.17, 15) is 17.6 Å². The van der Waals surface area contributed by atoms with E-state index in [0.29, 0.717) is 0 Å². The average Bonchev–Trinajstić information content (AvgIpc) is 2.70. The van der Waals surface area contributed by atoms with Gasteiger partial charge in [-0.25, -0.2) is 4.39 Å².